The number of amides is 2. The van der Waals surface area contributed by atoms with Crippen LogP contribution in [-0.4, -0.2) is 46.2 Å². The third-order valence-corrected chi connectivity index (χ3v) is 5.55. The summed E-state index contributed by atoms with van der Waals surface area (Å²) in [7, 11) is 0. The lowest BCUT2D eigenvalue weighted by Gasteiger charge is -2.29. The van der Waals surface area contributed by atoms with Crippen LogP contribution in [0.1, 0.15) is 57.8 Å². The first kappa shape index (κ1) is 18.7. The number of carbonyl (C=O) groups excluding carboxylic acids is 2. The predicted octanol–water partition coefficient (Wildman–Crippen LogP) is 3.19. The summed E-state index contributed by atoms with van der Waals surface area (Å²) in [5.41, 5.74) is 1.52. The van der Waals surface area contributed by atoms with Crippen molar-refractivity contribution in [1.29, 1.82) is 0 Å². The molecule has 148 valence electrons. The molecule has 0 unspecified atom stereocenters. The molecule has 2 aromatic rings. The van der Waals surface area contributed by atoms with Crippen molar-refractivity contribution in [2.45, 2.75) is 39.7 Å². The van der Waals surface area contributed by atoms with Crippen molar-refractivity contribution >= 4 is 11.8 Å². The summed E-state index contributed by atoms with van der Waals surface area (Å²) in [5.74, 6) is 0.597. The lowest BCUT2D eigenvalue weighted by Crippen LogP contribution is -2.39. The molecule has 1 aromatic carbocycles. The topological polar surface area (TPSA) is 66.7 Å². The average Bonchev–Trinajstić information content (AvgIpc) is 3.12. The summed E-state index contributed by atoms with van der Waals surface area (Å²) in [4.78, 5) is 33.3. The maximum absolute atomic E-state index is 13.5. The Balaban J connectivity index is 1.49. The second-order valence-corrected chi connectivity index (χ2v) is 7.83. The minimum atomic E-state index is -0.329. The molecule has 0 N–H and O–H groups in total. The van der Waals surface area contributed by atoms with Gasteiger partial charge in [0.15, 0.2) is 0 Å². The number of nitrogens with zero attached hydrogens (tertiary/aromatic N) is 3. The maximum atomic E-state index is 13.5. The zero-order valence-electron chi connectivity index (χ0n) is 16.2. The van der Waals surface area contributed by atoms with Gasteiger partial charge in [-0.05, 0) is 49.4 Å². The molecule has 1 saturated heterocycles. The van der Waals surface area contributed by atoms with E-state index in [0.29, 0.717) is 41.5 Å². The fourth-order valence-electron chi connectivity index (χ4n) is 3.93. The van der Waals surface area contributed by atoms with Crippen molar-refractivity contribution in [2.24, 2.45) is 5.92 Å². The van der Waals surface area contributed by atoms with Gasteiger partial charge in [-0.25, -0.2) is 9.37 Å². The first-order valence-corrected chi connectivity index (χ1v) is 9.75. The normalized spacial score (nSPS) is 19.5. The number of rotatable bonds is 2. The highest BCUT2D eigenvalue weighted by atomic mass is 19.1. The molecule has 4 rings (SSSR count). The van der Waals surface area contributed by atoms with Crippen LogP contribution in [0.2, 0.25) is 0 Å². The smallest absolute Gasteiger partial charge is 0.309 e. The Morgan fingerprint density at radius 2 is 2.04 bits per heavy atom. The quantitative estimate of drug-likeness (QED) is 0.796. The Morgan fingerprint density at radius 1 is 1.21 bits per heavy atom. The number of oxazole rings is 1. The van der Waals surface area contributed by atoms with E-state index in [4.69, 9.17) is 4.42 Å². The van der Waals surface area contributed by atoms with Crippen LogP contribution in [0, 0.1) is 18.7 Å². The standard InChI is InChI=1S/C21H24FN3O3/c1-13-4-3-8-24(11-13)21(27)19-23-17-12-25(9-7-18(17)28-19)20(26)15-5-6-16(22)14(2)10-15/h5-6,10,13H,3-4,7-9,11-12H2,1-2H3/t13-/m0/s1. The molecule has 2 aliphatic rings. The Labute approximate surface area is 163 Å². The molecule has 0 bridgehead atoms. The molecule has 3 heterocycles. The van der Waals surface area contributed by atoms with E-state index < -0.39 is 0 Å². The van der Waals surface area contributed by atoms with Gasteiger partial charge in [0.2, 0.25) is 0 Å². The predicted molar refractivity (Wildman–Crippen MR) is 100 cm³/mol. The van der Waals surface area contributed by atoms with Crippen LogP contribution in [0.5, 0.6) is 0 Å². The Hall–Kier alpha value is -2.70. The van der Waals surface area contributed by atoms with Gasteiger partial charge in [0.25, 0.3) is 11.8 Å². The maximum Gasteiger partial charge on any atom is 0.309 e. The molecule has 1 fully saturated rings. The highest BCUT2D eigenvalue weighted by Crippen LogP contribution is 2.24. The molecule has 0 radical (unpaired) electrons. The van der Waals surface area contributed by atoms with Gasteiger partial charge in [-0.1, -0.05) is 6.92 Å². The van der Waals surface area contributed by atoms with Crippen LogP contribution in [0.4, 0.5) is 4.39 Å². The van der Waals surface area contributed by atoms with E-state index in [1.165, 1.54) is 12.1 Å². The number of halogens is 1. The molecular weight excluding hydrogens is 361 g/mol. The third kappa shape index (κ3) is 3.53. The van der Waals surface area contributed by atoms with Gasteiger partial charge in [-0.15, -0.1) is 0 Å². The van der Waals surface area contributed by atoms with Crippen LogP contribution in [0.25, 0.3) is 0 Å². The zero-order chi connectivity index (χ0) is 19.8. The summed E-state index contributed by atoms with van der Waals surface area (Å²) in [6.07, 6.45) is 2.64. The van der Waals surface area contributed by atoms with E-state index in [2.05, 4.69) is 11.9 Å². The van der Waals surface area contributed by atoms with E-state index in [9.17, 15) is 14.0 Å². The first-order chi connectivity index (χ1) is 13.4. The van der Waals surface area contributed by atoms with Crippen LogP contribution in [-0.2, 0) is 13.0 Å². The number of aromatic nitrogens is 1. The van der Waals surface area contributed by atoms with Gasteiger partial charge >= 0.3 is 5.91 Å². The fraction of sp³-hybridized carbons (Fsp3) is 0.476. The Bertz CT molecular complexity index is 924. The van der Waals surface area contributed by atoms with Gasteiger partial charge in [0, 0.05) is 31.6 Å². The molecule has 2 aliphatic heterocycles. The minimum Gasteiger partial charge on any atom is -0.437 e. The van der Waals surface area contributed by atoms with Crippen molar-refractivity contribution in [3.8, 4) is 0 Å². The molecular formula is C21H24FN3O3. The molecule has 7 heteroatoms. The second-order valence-electron chi connectivity index (χ2n) is 7.83. The number of hydrogen-bond donors (Lipinski definition) is 0. The monoisotopic (exact) mass is 385 g/mol. The average molecular weight is 385 g/mol. The number of fused-ring (bicyclic) bond motifs is 1. The fourth-order valence-corrected chi connectivity index (χ4v) is 3.93. The molecule has 0 spiro atoms. The Kier molecular flexibility index (Phi) is 4.91. The van der Waals surface area contributed by atoms with Crippen LogP contribution in [0.3, 0.4) is 0 Å². The number of piperidine rings is 1. The van der Waals surface area contributed by atoms with E-state index >= 15 is 0 Å². The number of benzene rings is 1. The van der Waals surface area contributed by atoms with Crippen molar-refractivity contribution < 1.29 is 18.4 Å². The van der Waals surface area contributed by atoms with Crippen LogP contribution >= 0.6 is 0 Å². The molecule has 1 aromatic heterocycles. The number of carbonyl (C=O) groups is 2. The number of likely N-dealkylation sites (tertiary alicyclic amines) is 1. The minimum absolute atomic E-state index is 0.117. The molecule has 2 amide bonds. The highest BCUT2D eigenvalue weighted by molar-refractivity contribution is 5.94. The summed E-state index contributed by atoms with van der Waals surface area (Å²) < 4.78 is 19.2. The summed E-state index contributed by atoms with van der Waals surface area (Å²) in [5, 5.41) is 0. The van der Waals surface area contributed by atoms with Crippen LogP contribution < -0.4 is 0 Å². The SMILES string of the molecule is Cc1cc(C(=O)N2CCc3oc(C(=O)N4CCC[C@H](C)C4)nc3C2)ccc1F. The van der Waals surface area contributed by atoms with Gasteiger partial charge in [-0.3, -0.25) is 9.59 Å². The molecule has 28 heavy (non-hydrogen) atoms. The molecule has 6 nitrogen and oxygen atoms in total. The zero-order valence-corrected chi connectivity index (χ0v) is 16.2. The first-order valence-electron chi connectivity index (χ1n) is 9.75. The Morgan fingerprint density at radius 3 is 2.79 bits per heavy atom. The van der Waals surface area contributed by atoms with Crippen molar-refractivity contribution in [1.82, 2.24) is 14.8 Å². The highest BCUT2D eigenvalue weighted by Gasteiger charge is 2.30. The van der Waals surface area contributed by atoms with E-state index in [0.717, 1.165) is 25.9 Å². The largest absolute Gasteiger partial charge is 0.437 e. The number of hydrogen-bond acceptors (Lipinski definition) is 4. The molecule has 0 aliphatic carbocycles. The summed E-state index contributed by atoms with van der Waals surface area (Å²) >= 11 is 0. The van der Waals surface area contributed by atoms with Gasteiger partial charge in [0.05, 0.1) is 6.54 Å². The van der Waals surface area contributed by atoms with Crippen molar-refractivity contribution in [3.05, 3.63) is 52.5 Å². The third-order valence-electron chi connectivity index (χ3n) is 5.55. The van der Waals surface area contributed by atoms with Gasteiger partial charge in [-0.2, -0.15) is 0 Å². The number of aryl methyl sites for hydroxylation is 1. The second kappa shape index (κ2) is 7.37. The van der Waals surface area contributed by atoms with Crippen molar-refractivity contribution in [2.75, 3.05) is 19.6 Å². The van der Waals surface area contributed by atoms with Crippen molar-refractivity contribution in [3.63, 3.8) is 0 Å². The molecule has 1 atom stereocenters. The lowest BCUT2D eigenvalue weighted by atomic mass is 10.0. The molecule has 0 saturated carbocycles. The van der Waals surface area contributed by atoms with E-state index in [1.807, 2.05) is 0 Å². The van der Waals surface area contributed by atoms with Gasteiger partial charge < -0.3 is 14.2 Å². The summed E-state index contributed by atoms with van der Waals surface area (Å²) in [6, 6.07) is 4.36. The lowest BCUT2D eigenvalue weighted by molar-refractivity contribution is 0.0638. The van der Waals surface area contributed by atoms with E-state index in [1.54, 1.807) is 22.8 Å². The van der Waals surface area contributed by atoms with E-state index in [-0.39, 0.29) is 30.1 Å². The summed E-state index contributed by atoms with van der Waals surface area (Å²) in [6.45, 7) is 5.99. The van der Waals surface area contributed by atoms with Crippen LogP contribution in [0.15, 0.2) is 22.6 Å². The van der Waals surface area contributed by atoms with Gasteiger partial charge in [0.1, 0.15) is 17.3 Å².